The van der Waals surface area contributed by atoms with Crippen molar-refractivity contribution < 1.29 is 19.1 Å². The van der Waals surface area contributed by atoms with Gasteiger partial charge in [-0.25, -0.2) is 4.79 Å². The van der Waals surface area contributed by atoms with Crippen LogP contribution in [0.1, 0.15) is 28.8 Å². The monoisotopic (exact) mass is 409 g/mol. The van der Waals surface area contributed by atoms with E-state index in [0.717, 1.165) is 37.2 Å². The molecule has 0 spiro atoms. The van der Waals surface area contributed by atoms with E-state index in [9.17, 15) is 9.59 Å². The number of nitrogens with one attached hydrogen (secondary N) is 1. The lowest BCUT2D eigenvalue weighted by molar-refractivity contribution is 0.0908. The molecule has 2 heterocycles. The summed E-state index contributed by atoms with van der Waals surface area (Å²) in [5.74, 6) is 1.21. The van der Waals surface area contributed by atoms with E-state index in [-0.39, 0.29) is 17.9 Å². The van der Waals surface area contributed by atoms with Crippen molar-refractivity contribution >= 4 is 17.5 Å². The number of rotatable bonds is 6. The molecule has 7 heteroatoms. The average Bonchev–Trinajstić information content (AvgIpc) is 2.79. The third-order valence-electron chi connectivity index (χ3n) is 5.89. The van der Waals surface area contributed by atoms with E-state index in [1.54, 1.807) is 32.4 Å². The summed E-state index contributed by atoms with van der Waals surface area (Å²) in [4.78, 5) is 29.4. The van der Waals surface area contributed by atoms with E-state index in [2.05, 4.69) is 16.3 Å². The van der Waals surface area contributed by atoms with Crippen molar-refractivity contribution in [2.45, 2.75) is 25.4 Å². The highest BCUT2D eigenvalue weighted by Gasteiger charge is 2.33. The molecule has 2 aliphatic rings. The Balaban J connectivity index is 1.38. The minimum Gasteiger partial charge on any atom is -0.493 e. The van der Waals surface area contributed by atoms with Crippen molar-refractivity contribution in [3.05, 3.63) is 53.6 Å². The standard InChI is InChI=1S/C23H27N3O4/c1-29-21-8-7-16(13-22(21)30-2)20(27)15-25-11-9-18(10-12-25)26-19-6-4-3-5-17(19)14-24-23(26)28/h3-8,13,18H,9-12,14-15H2,1-2H3,(H,24,28). The molecule has 0 aromatic heterocycles. The Labute approximate surface area is 176 Å². The largest absolute Gasteiger partial charge is 0.493 e. The van der Waals surface area contributed by atoms with Crippen LogP contribution in [0.3, 0.4) is 0 Å². The van der Waals surface area contributed by atoms with Crippen LogP contribution in [0.25, 0.3) is 0 Å². The number of likely N-dealkylation sites (tertiary alicyclic amines) is 1. The Kier molecular flexibility index (Phi) is 5.90. The van der Waals surface area contributed by atoms with Gasteiger partial charge in [-0.05, 0) is 42.7 Å². The van der Waals surface area contributed by atoms with E-state index < -0.39 is 0 Å². The van der Waals surface area contributed by atoms with Crippen LogP contribution in [0.15, 0.2) is 42.5 Å². The summed E-state index contributed by atoms with van der Waals surface area (Å²) in [5.41, 5.74) is 2.75. The average molecular weight is 409 g/mol. The van der Waals surface area contributed by atoms with Crippen molar-refractivity contribution in [3.8, 4) is 11.5 Å². The number of urea groups is 1. The highest BCUT2D eigenvalue weighted by Crippen LogP contribution is 2.30. The maximum Gasteiger partial charge on any atom is 0.322 e. The van der Waals surface area contributed by atoms with Gasteiger partial charge >= 0.3 is 6.03 Å². The number of carbonyl (C=O) groups excluding carboxylic acids is 2. The zero-order chi connectivity index (χ0) is 21.1. The van der Waals surface area contributed by atoms with Gasteiger partial charge in [0.1, 0.15) is 0 Å². The lowest BCUT2D eigenvalue weighted by Gasteiger charge is -2.40. The number of amides is 2. The molecule has 158 valence electrons. The number of nitrogens with zero attached hydrogens (tertiary/aromatic N) is 2. The molecular formula is C23H27N3O4. The predicted molar refractivity (Wildman–Crippen MR) is 114 cm³/mol. The van der Waals surface area contributed by atoms with Crippen LogP contribution in [-0.4, -0.2) is 56.6 Å². The van der Waals surface area contributed by atoms with Crippen LogP contribution in [0.5, 0.6) is 11.5 Å². The number of methoxy groups -OCH3 is 2. The quantitative estimate of drug-likeness (QED) is 0.743. The third kappa shape index (κ3) is 3.98. The molecular weight excluding hydrogens is 382 g/mol. The first-order valence-electron chi connectivity index (χ1n) is 10.2. The maximum absolute atomic E-state index is 12.8. The SMILES string of the molecule is COc1ccc(C(=O)CN2CCC(N3C(=O)NCc4ccccc43)CC2)cc1OC. The predicted octanol–water partition coefficient (Wildman–Crippen LogP) is 3.08. The number of piperidine rings is 1. The molecule has 2 aromatic rings. The minimum atomic E-state index is -0.0337. The van der Waals surface area contributed by atoms with Crippen molar-refractivity contribution in [3.63, 3.8) is 0 Å². The molecule has 0 atom stereocenters. The van der Waals surface area contributed by atoms with Gasteiger partial charge in [-0.1, -0.05) is 18.2 Å². The molecule has 0 unspecified atom stereocenters. The third-order valence-corrected chi connectivity index (χ3v) is 5.89. The summed E-state index contributed by atoms with van der Waals surface area (Å²) in [6, 6.07) is 13.4. The molecule has 2 amide bonds. The Morgan fingerprint density at radius 3 is 2.53 bits per heavy atom. The molecule has 0 saturated carbocycles. The summed E-state index contributed by atoms with van der Waals surface area (Å²) in [6.07, 6.45) is 1.67. The second-order valence-electron chi connectivity index (χ2n) is 7.66. The Morgan fingerprint density at radius 2 is 1.80 bits per heavy atom. The molecule has 4 rings (SSSR count). The zero-order valence-corrected chi connectivity index (χ0v) is 17.4. The fourth-order valence-electron chi connectivity index (χ4n) is 4.26. The summed E-state index contributed by atoms with van der Waals surface area (Å²) in [6.45, 7) is 2.47. The van der Waals surface area contributed by atoms with Crippen molar-refractivity contribution in [2.24, 2.45) is 0 Å². The van der Waals surface area contributed by atoms with Gasteiger partial charge < -0.3 is 14.8 Å². The number of ether oxygens (including phenoxy) is 2. The minimum absolute atomic E-state index is 0.0337. The van der Waals surface area contributed by atoms with Crippen LogP contribution in [0.4, 0.5) is 10.5 Å². The first-order valence-corrected chi connectivity index (χ1v) is 10.2. The van der Waals surface area contributed by atoms with Gasteiger partial charge in [0.25, 0.3) is 0 Å². The van der Waals surface area contributed by atoms with Crippen molar-refractivity contribution in [1.29, 1.82) is 0 Å². The molecule has 2 aliphatic heterocycles. The number of fused-ring (bicyclic) bond motifs is 1. The number of para-hydroxylation sites is 1. The first-order chi connectivity index (χ1) is 14.6. The van der Waals surface area contributed by atoms with Gasteiger partial charge in [-0.15, -0.1) is 0 Å². The van der Waals surface area contributed by atoms with Crippen molar-refractivity contribution in [1.82, 2.24) is 10.2 Å². The summed E-state index contributed by atoms with van der Waals surface area (Å²) in [5, 5.41) is 2.97. The van der Waals surface area contributed by atoms with E-state index in [4.69, 9.17) is 9.47 Å². The fraction of sp³-hybridized carbons (Fsp3) is 0.391. The number of anilines is 1. The van der Waals surface area contributed by atoms with Gasteiger partial charge in [0.15, 0.2) is 17.3 Å². The number of benzene rings is 2. The van der Waals surface area contributed by atoms with Crippen LogP contribution in [-0.2, 0) is 6.54 Å². The molecule has 0 radical (unpaired) electrons. The molecule has 2 aromatic carbocycles. The topological polar surface area (TPSA) is 71.1 Å². The van der Waals surface area contributed by atoms with Crippen LogP contribution in [0.2, 0.25) is 0 Å². The second-order valence-corrected chi connectivity index (χ2v) is 7.66. The summed E-state index contributed by atoms with van der Waals surface area (Å²) in [7, 11) is 3.14. The highest BCUT2D eigenvalue weighted by atomic mass is 16.5. The molecule has 1 fully saturated rings. The highest BCUT2D eigenvalue weighted by molar-refractivity contribution is 5.98. The second kappa shape index (κ2) is 8.75. The number of hydrogen-bond acceptors (Lipinski definition) is 5. The zero-order valence-electron chi connectivity index (χ0n) is 17.4. The normalized spacial score (nSPS) is 17.3. The van der Waals surface area contributed by atoms with Crippen LogP contribution >= 0.6 is 0 Å². The molecule has 0 aliphatic carbocycles. The number of hydrogen-bond donors (Lipinski definition) is 1. The lowest BCUT2D eigenvalue weighted by Crippen LogP contribution is -2.53. The van der Waals surface area contributed by atoms with E-state index in [1.165, 1.54) is 0 Å². The van der Waals surface area contributed by atoms with Gasteiger partial charge in [-0.3, -0.25) is 14.6 Å². The molecule has 1 N–H and O–H groups in total. The molecule has 7 nitrogen and oxygen atoms in total. The summed E-state index contributed by atoms with van der Waals surface area (Å²) >= 11 is 0. The van der Waals surface area contributed by atoms with E-state index in [0.29, 0.717) is 30.2 Å². The first kappa shape index (κ1) is 20.2. The molecule has 1 saturated heterocycles. The Hall–Kier alpha value is -3.06. The van der Waals surface area contributed by atoms with E-state index in [1.807, 2.05) is 23.1 Å². The molecule has 30 heavy (non-hydrogen) atoms. The fourth-order valence-corrected chi connectivity index (χ4v) is 4.26. The number of carbonyl (C=O) groups is 2. The lowest BCUT2D eigenvalue weighted by atomic mass is 9.99. The summed E-state index contributed by atoms with van der Waals surface area (Å²) < 4.78 is 10.5. The number of Topliss-reactive ketones (excluding diaryl/α,β-unsaturated/α-hetero) is 1. The number of ketones is 1. The van der Waals surface area contributed by atoms with Gasteiger partial charge in [0.2, 0.25) is 0 Å². The van der Waals surface area contributed by atoms with Crippen LogP contribution < -0.4 is 19.7 Å². The van der Waals surface area contributed by atoms with E-state index >= 15 is 0 Å². The maximum atomic E-state index is 12.8. The van der Waals surface area contributed by atoms with Gasteiger partial charge in [0, 0.05) is 31.2 Å². The Bertz CT molecular complexity index is 938. The Morgan fingerprint density at radius 1 is 1.07 bits per heavy atom. The smallest absolute Gasteiger partial charge is 0.322 e. The van der Waals surface area contributed by atoms with Crippen LogP contribution in [0, 0.1) is 0 Å². The van der Waals surface area contributed by atoms with Gasteiger partial charge in [0.05, 0.1) is 26.5 Å². The van der Waals surface area contributed by atoms with Crippen molar-refractivity contribution in [2.75, 3.05) is 38.8 Å². The molecule has 0 bridgehead atoms. The van der Waals surface area contributed by atoms with Gasteiger partial charge in [-0.2, -0.15) is 0 Å².